The molecule has 2 rings (SSSR count). The Morgan fingerprint density at radius 2 is 2.40 bits per heavy atom. The molecule has 0 bridgehead atoms. The molecule has 1 fully saturated rings. The van der Waals surface area contributed by atoms with E-state index in [1.54, 1.807) is 11.3 Å². The zero-order valence-corrected chi connectivity index (χ0v) is 11.2. The Kier molecular flexibility index (Phi) is 3.58. The predicted octanol–water partition coefficient (Wildman–Crippen LogP) is 2.30. The van der Waals surface area contributed by atoms with Gasteiger partial charge in [0.1, 0.15) is 0 Å². The van der Waals surface area contributed by atoms with Crippen molar-refractivity contribution in [3.63, 3.8) is 0 Å². The van der Waals surface area contributed by atoms with Gasteiger partial charge in [0, 0.05) is 6.54 Å². The number of hydrogen-bond donors (Lipinski definition) is 0. The lowest BCUT2D eigenvalue weighted by atomic mass is 10.1. The van der Waals surface area contributed by atoms with Gasteiger partial charge in [-0.3, -0.25) is 0 Å². The predicted molar refractivity (Wildman–Crippen MR) is 64.4 cm³/mol. The lowest BCUT2D eigenvalue weighted by Gasteiger charge is -2.37. The van der Waals surface area contributed by atoms with E-state index < -0.39 is 0 Å². The van der Waals surface area contributed by atoms with Crippen LogP contribution in [0.4, 0.5) is 5.13 Å². The highest BCUT2D eigenvalue weighted by atomic mass is 79.9. The molecule has 1 aliphatic rings. The van der Waals surface area contributed by atoms with Crippen LogP contribution in [0, 0.1) is 0 Å². The fourth-order valence-electron chi connectivity index (χ4n) is 1.73. The normalized spacial score (nSPS) is 27.0. The maximum absolute atomic E-state index is 5.64. The zero-order valence-electron chi connectivity index (χ0n) is 8.81. The van der Waals surface area contributed by atoms with E-state index in [-0.39, 0.29) is 6.10 Å². The van der Waals surface area contributed by atoms with Crippen LogP contribution in [0.2, 0.25) is 0 Å². The average Bonchev–Trinajstić information content (AvgIpc) is 2.65. The molecule has 2 unspecified atom stereocenters. The van der Waals surface area contributed by atoms with Crippen LogP contribution in [0.3, 0.4) is 0 Å². The quantitative estimate of drug-likeness (QED) is 0.838. The molecule has 4 nitrogen and oxygen atoms in total. The van der Waals surface area contributed by atoms with Crippen molar-refractivity contribution in [1.29, 1.82) is 0 Å². The van der Waals surface area contributed by atoms with E-state index in [2.05, 4.69) is 44.9 Å². The summed E-state index contributed by atoms with van der Waals surface area (Å²) in [6, 6.07) is 0.432. The molecule has 0 N–H and O–H groups in total. The number of morpholine rings is 1. The summed E-state index contributed by atoms with van der Waals surface area (Å²) in [5.41, 5.74) is 0. The molecule has 2 atom stereocenters. The van der Waals surface area contributed by atoms with Crippen molar-refractivity contribution in [3.8, 4) is 0 Å². The van der Waals surface area contributed by atoms with E-state index in [0.29, 0.717) is 6.04 Å². The van der Waals surface area contributed by atoms with E-state index in [1.165, 1.54) is 0 Å². The maximum Gasteiger partial charge on any atom is 0.209 e. The number of rotatable bonds is 2. The van der Waals surface area contributed by atoms with Gasteiger partial charge in [-0.1, -0.05) is 18.3 Å². The lowest BCUT2D eigenvalue weighted by Crippen LogP contribution is -2.48. The van der Waals surface area contributed by atoms with Gasteiger partial charge in [0.25, 0.3) is 0 Å². The van der Waals surface area contributed by atoms with E-state index >= 15 is 0 Å². The first kappa shape index (κ1) is 11.3. The molecule has 15 heavy (non-hydrogen) atoms. The number of nitrogens with zero attached hydrogens (tertiary/aromatic N) is 3. The van der Waals surface area contributed by atoms with Gasteiger partial charge in [-0.25, -0.2) is 0 Å². The second-order valence-corrected chi connectivity index (χ2v) is 5.93. The van der Waals surface area contributed by atoms with Crippen molar-refractivity contribution in [2.75, 3.05) is 18.1 Å². The fraction of sp³-hybridized carbons (Fsp3) is 0.778. The molecule has 1 saturated heterocycles. The van der Waals surface area contributed by atoms with Crippen molar-refractivity contribution >= 4 is 32.4 Å². The Labute approximate surface area is 102 Å². The van der Waals surface area contributed by atoms with Gasteiger partial charge in [0.05, 0.1) is 18.8 Å². The van der Waals surface area contributed by atoms with Gasteiger partial charge in [-0.15, -0.1) is 10.2 Å². The minimum Gasteiger partial charge on any atom is -0.375 e. The summed E-state index contributed by atoms with van der Waals surface area (Å²) < 4.78 is 6.48. The second kappa shape index (κ2) is 4.76. The Morgan fingerprint density at radius 3 is 3.00 bits per heavy atom. The molecule has 6 heteroatoms. The topological polar surface area (TPSA) is 38.2 Å². The minimum absolute atomic E-state index is 0.274. The van der Waals surface area contributed by atoms with Crippen LogP contribution < -0.4 is 4.90 Å². The summed E-state index contributed by atoms with van der Waals surface area (Å²) in [4.78, 5) is 2.30. The van der Waals surface area contributed by atoms with Crippen molar-refractivity contribution in [3.05, 3.63) is 3.92 Å². The summed E-state index contributed by atoms with van der Waals surface area (Å²) in [7, 11) is 0. The second-order valence-electron chi connectivity index (χ2n) is 3.70. The summed E-state index contributed by atoms with van der Waals surface area (Å²) in [6.07, 6.45) is 1.35. The standard InChI is InChI=1S/C9H14BrN3OS/c1-3-7-5-14-6(2)4-13(7)9-12-11-8(10)15-9/h6-7H,3-5H2,1-2H3. The number of halogens is 1. The van der Waals surface area contributed by atoms with Crippen molar-refractivity contribution < 1.29 is 4.74 Å². The highest BCUT2D eigenvalue weighted by Crippen LogP contribution is 2.28. The van der Waals surface area contributed by atoms with E-state index in [9.17, 15) is 0 Å². The summed E-state index contributed by atoms with van der Waals surface area (Å²) in [6.45, 7) is 5.96. The molecule has 0 aliphatic carbocycles. The third-order valence-electron chi connectivity index (χ3n) is 2.57. The maximum atomic E-state index is 5.64. The van der Waals surface area contributed by atoms with Crippen LogP contribution in [0.25, 0.3) is 0 Å². The molecule has 1 aromatic heterocycles. The fourth-order valence-corrected chi connectivity index (χ4v) is 2.90. The molecule has 1 aliphatic heterocycles. The lowest BCUT2D eigenvalue weighted by molar-refractivity contribution is 0.0299. The molecule has 0 spiro atoms. The molecule has 0 amide bonds. The highest BCUT2D eigenvalue weighted by molar-refractivity contribution is 9.11. The Morgan fingerprint density at radius 1 is 1.60 bits per heavy atom. The smallest absolute Gasteiger partial charge is 0.209 e. The number of hydrogen-bond acceptors (Lipinski definition) is 5. The molecule has 0 saturated carbocycles. The van der Waals surface area contributed by atoms with Gasteiger partial charge >= 0.3 is 0 Å². The Bertz CT molecular complexity index is 333. The van der Waals surface area contributed by atoms with Crippen LogP contribution in [0.1, 0.15) is 20.3 Å². The van der Waals surface area contributed by atoms with Crippen LogP contribution in [-0.4, -0.2) is 35.5 Å². The van der Waals surface area contributed by atoms with Gasteiger partial charge < -0.3 is 9.64 Å². The highest BCUT2D eigenvalue weighted by Gasteiger charge is 2.27. The number of aromatic nitrogens is 2. The van der Waals surface area contributed by atoms with Gasteiger partial charge in [-0.2, -0.15) is 0 Å². The third kappa shape index (κ3) is 2.49. The minimum atomic E-state index is 0.274. The first-order chi connectivity index (χ1) is 7.20. The number of anilines is 1. The van der Waals surface area contributed by atoms with Gasteiger partial charge in [0.15, 0.2) is 3.92 Å². The largest absolute Gasteiger partial charge is 0.375 e. The van der Waals surface area contributed by atoms with Crippen LogP contribution in [0.15, 0.2) is 3.92 Å². The molecule has 84 valence electrons. The first-order valence-corrected chi connectivity index (χ1v) is 6.69. The van der Waals surface area contributed by atoms with Gasteiger partial charge in [0.2, 0.25) is 5.13 Å². The molecule has 1 aromatic rings. The molecule has 2 heterocycles. The monoisotopic (exact) mass is 291 g/mol. The average molecular weight is 292 g/mol. The van der Waals surface area contributed by atoms with Crippen molar-refractivity contribution in [2.45, 2.75) is 32.4 Å². The SMILES string of the molecule is CCC1COC(C)CN1c1nnc(Br)s1. The first-order valence-electron chi connectivity index (χ1n) is 5.08. The van der Waals surface area contributed by atoms with E-state index in [0.717, 1.165) is 28.6 Å². The van der Waals surface area contributed by atoms with Crippen LogP contribution >= 0.6 is 27.3 Å². The van der Waals surface area contributed by atoms with E-state index in [4.69, 9.17) is 4.74 Å². The van der Waals surface area contributed by atoms with Crippen LogP contribution in [0.5, 0.6) is 0 Å². The Hall–Kier alpha value is -0.200. The molecule has 0 radical (unpaired) electrons. The third-order valence-corrected chi connectivity index (χ3v) is 3.97. The molecular weight excluding hydrogens is 278 g/mol. The van der Waals surface area contributed by atoms with Crippen LogP contribution in [-0.2, 0) is 4.74 Å². The summed E-state index contributed by atoms with van der Waals surface area (Å²) in [5.74, 6) is 0. The number of ether oxygens (including phenoxy) is 1. The molecular formula is C9H14BrN3OS. The van der Waals surface area contributed by atoms with Crippen molar-refractivity contribution in [2.24, 2.45) is 0 Å². The summed E-state index contributed by atoms with van der Waals surface area (Å²) in [5, 5.41) is 9.14. The van der Waals surface area contributed by atoms with E-state index in [1.807, 2.05) is 0 Å². The zero-order chi connectivity index (χ0) is 10.8. The summed E-state index contributed by atoms with van der Waals surface area (Å²) >= 11 is 4.92. The Balaban J connectivity index is 2.16. The van der Waals surface area contributed by atoms with Crippen molar-refractivity contribution in [1.82, 2.24) is 10.2 Å². The molecule has 0 aromatic carbocycles. The van der Waals surface area contributed by atoms with Gasteiger partial charge in [-0.05, 0) is 29.3 Å².